The van der Waals surface area contributed by atoms with Gasteiger partial charge in [0.15, 0.2) is 0 Å². The number of carboxylic acids is 1. The first kappa shape index (κ1) is 27.8. The molecule has 0 aromatic heterocycles. The molecule has 0 unspecified atom stereocenters. The van der Waals surface area contributed by atoms with Gasteiger partial charge in [-0.3, -0.25) is 9.59 Å². The lowest BCUT2D eigenvalue weighted by molar-refractivity contribution is -0.140. The number of thioether (sulfide) groups is 1. The molecule has 0 aliphatic heterocycles. The highest BCUT2D eigenvalue weighted by molar-refractivity contribution is 8.03. The Balaban J connectivity index is 2.66. The van der Waals surface area contributed by atoms with Crippen molar-refractivity contribution in [2.75, 3.05) is 5.75 Å². The number of carbonyl (C=O) groups excluding carboxylic acids is 1. The van der Waals surface area contributed by atoms with E-state index in [2.05, 4.69) is 19.9 Å². The molecular weight excluding hydrogens is 412 g/mol. The fourth-order valence-electron chi connectivity index (χ4n) is 3.77. The van der Waals surface area contributed by atoms with Crippen LogP contribution in [0.15, 0.2) is 22.8 Å². The van der Waals surface area contributed by atoms with Crippen LogP contribution in [0.4, 0.5) is 0 Å². The minimum Gasteiger partial charge on any atom is -0.481 e. The van der Waals surface area contributed by atoms with Crippen molar-refractivity contribution >= 4 is 23.7 Å². The van der Waals surface area contributed by atoms with Gasteiger partial charge in [-0.25, -0.2) is 0 Å². The van der Waals surface area contributed by atoms with Crippen LogP contribution in [0.25, 0.3) is 0 Å². The number of unbranched alkanes of at least 4 members (excludes halogenated alkanes) is 3. The van der Waals surface area contributed by atoms with Crippen LogP contribution in [-0.4, -0.2) is 34.0 Å². The van der Waals surface area contributed by atoms with Crippen LogP contribution >= 0.6 is 11.8 Å². The zero-order valence-corrected chi connectivity index (χ0v) is 20.4. The fourth-order valence-corrected chi connectivity index (χ4v) is 5.06. The molecule has 0 saturated carbocycles. The highest BCUT2D eigenvalue weighted by Crippen LogP contribution is 2.41. The number of carbonyl (C=O) groups is 2. The normalized spacial score (nSPS) is 18.5. The summed E-state index contributed by atoms with van der Waals surface area (Å²) in [6.07, 6.45) is 13.4. The first-order chi connectivity index (χ1) is 14.9. The van der Waals surface area contributed by atoms with Gasteiger partial charge in [0, 0.05) is 30.1 Å². The minimum absolute atomic E-state index is 0.175. The lowest BCUT2D eigenvalue weighted by Gasteiger charge is -2.15. The lowest BCUT2D eigenvalue weighted by atomic mass is 9.96. The Hall–Kier alpha value is -1.27. The highest BCUT2D eigenvalue weighted by Gasteiger charge is 2.27. The SMILES string of the molecule is CCCC[C@@H](C)C[C@H](O)/C=C/[C@@H]1CCC(OC(=O)CCC)=C1SCCCCCC(=O)O. The summed E-state index contributed by atoms with van der Waals surface area (Å²) in [7, 11) is 0. The quantitative estimate of drug-likeness (QED) is 0.149. The molecule has 0 amide bonds. The third-order valence-corrected chi connectivity index (χ3v) is 6.87. The summed E-state index contributed by atoms with van der Waals surface area (Å²) >= 11 is 1.72. The molecule has 5 nitrogen and oxygen atoms in total. The van der Waals surface area contributed by atoms with E-state index in [0.29, 0.717) is 18.8 Å². The molecule has 0 heterocycles. The van der Waals surface area contributed by atoms with Gasteiger partial charge < -0.3 is 14.9 Å². The summed E-state index contributed by atoms with van der Waals surface area (Å²) in [5.41, 5.74) is 0. The first-order valence-corrected chi connectivity index (χ1v) is 13.0. The fraction of sp³-hybridized carbons (Fsp3) is 0.760. The van der Waals surface area contributed by atoms with Crippen molar-refractivity contribution in [3.63, 3.8) is 0 Å². The van der Waals surface area contributed by atoms with Gasteiger partial charge in [0.05, 0.1) is 6.10 Å². The van der Waals surface area contributed by atoms with Gasteiger partial charge in [-0.15, -0.1) is 11.8 Å². The van der Waals surface area contributed by atoms with Crippen LogP contribution in [0.2, 0.25) is 0 Å². The predicted octanol–water partition coefficient (Wildman–Crippen LogP) is 6.46. The van der Waals surface area contributed by atoms with Crippen molar-refractivity contribution in [1.29, 1.82) is 0 Å². The molecule has 0 aromatic carbocycles. The summed E-state index contributed by atoms with van der Waals surface area (Å²) in [4.78, 5) is 23.8. The molecule has 1 aliphatic rings. The van der Waals surface area contributed by atoms with Crippen molar-refractivity contribution in [1.82, 2.24) is 0 Å². The summed E-state index contributed by atoms with van der Waals surface area (Å²) in [6.45, 7) is 6.34. The van der Waals surface area contributed by atoms with Crippen LogP contribution in [0.5, 0.6) is 0 Å². The molecule has 0 bridgehead atoms. The van der Waals surface area contributed by atoms with Crippen molar-refractivity contribution in [2.24, 2.45) is 11.8 Å². The molecule has 3 atom stereocenters. The molecule has 178 valence electrons. The molecule has 0 aromatic rings. The second-order valence-electron chi connectivity index (χ2n) is 8.64. The van der Waals surface area contributed by atoms with Crippen molar-refractivity contribution in [2.45, 2.75) is 104 Å². The molecule has 0 radical (unpaired) electrons. The van der Waals surface area contributed by atoms with Gasteiger partial charge in [0.1, 0.15) is 5.76 Å². The maximum Gasteiger partial charge on any atom is 0.310 e. The van der Waals surface area contributed by atoms with E-state index in [1.165, 1.54) is 12.8 Å². The molecule has 0 saturated heterocycles. The largest absolute Gasteiger partial charge is 0.481 e. The molecule has 2 N–H and O–H groups in total. The zero-order valence-electron chi connectivity index (χ0n) is 19.6. The Bertz CT molecular complexity index is 599. The topological polar surface area (TPSA) is 83.8 Å². The van der Waals surface area contributed by atoms with Crippen molar-refractivity contribution < 1.29 is 24.5 Å². The Morgan fingerprint density at radius 2 is 1.94 bits per heavy atom. The minimum atomic E-state index is -0.746. The summed E-state index contributed by atoms with van der Waals surface area (Å²) in [5.74, 6) is 1.42. The van der Waals surface area contributed by atoms with Gasteiger partial charge in [-0.2, -0.15) is 0 Å². The standard InChI is InChI=1S/C25H42O5S/c1-4-6-11-19(3)18-21(26)15-13-20-14-16-22(30-24(29)10-5-2)25(20)31-17-9-7-8-12-23(27)28/h13,15,19-21,26H,4-12,14,16-18H2,1-3H3,(H,27,28)/b15-13+/t19-,20-,21-/m1/s1. The maximum atomic E-state index is 12.0. The first-order valence-electron chi connectivity index (χ1n) is 12.0. The molecule has 31 heavy (non-hydrogen) atoms. The van der Waals surface area contributed by atoms with Gasteiger partial charge in [-0.05, 0) is 43.8 Å². The third kappa shape index (κ3) is 12.4. The molecule has 1 aliphatic carbocycles. The smallest absolute Gasteiger partial charge is 0.310 e. The number of aliphatic hydroxyl groups is 1. The average molecular weight is 455 g/mol. The average Bonchev–Trinajstić information content (AvgIpc) is 3.08. The lowest BCUT2D eigenvalue weighted by Crippen LogP contribution is -2.09. The number of hydrogen-bond donors (Lipinski definition) is 2. The van der Waals surface area contributed by atoms with Crippen LogP contribution in [0, 0.1) is 11.8 Å². The third-order valence-electron chi connectivity index (χ3n) is 5.54. The van der Waals surface area contributed by atoms with E-state index >= 15 is 0 Å². The molecule has 0 fully saturated rings. The van der Waals surface area contributed by atoms with E-state index in [4.69, 9.17) is 9.84 Å². The van der Waals surface area contributed by atoms with Crippen molar-refractivity contribution in [3.8, 4) is 0 Å². The van der Waals surface area contributed by atoms with Crippen molar-refractivity contribution in [3.05, 3.63) is 22.8 Å². The highest BCUT2D eigenvalue weighted by atomic mass is 32.2. The van der Waals surface area contributed by atoms with E-state index in [-0.39, 0.29) is 18.3 Å². The number of rotatable bonds is 17. The number of esters is 1. The monoisotopic (exact) mass is 454 g/mol. The number of aliphatic carboxylic acids is 1. The van der Waals surface area contributed by atoms with Gasteiger partial charge in [0.2, 0.25) is 0 Å². The summed E-state index contributed by atoms with van der Waals surface area (Å²) in [5, 5.41) is 19.2. The predicted molar refractivity (Wildman–Crippen MR) is 128 cm³/mol. The maximum absolute atomic E-state index is 12.0. The van der Waals surface area contributed by atoms with E-state index in [1.807, 2.05) is 13.0 Å². The van der Waals surface area contributed by atoms with Crippen LogP contribution < -0.4 is 0 Å². The Morgan fingerprint density at radius 1 is 1.16 bits per heavy atom. The number of ether oxygens (including phenoxy) is 1. The molecule has 1 rings (SSSR count). The summed E-state index contributed by atoms with van der Waals surface area (Å²) in [6, 6.07) is 0. The Kier molecular flexibility index (Phi) is 14.7. The van der Waals surface area contributed by atoms with Gasteiger partial charge in [-0.1, -0.05) is 58.6 Å². The number of carboxylic acid groups (broad SMARTS) is 1. The van der Waals surface area contributed by atoms with E-state index in [9.17, 15) is 14.7 Å². The second-order valence-corrected chi connectivity index (χ2v) is 9.78. The number of hydrogen-bond acceptors (Lipinski definition) is 5. The van der Waals surface area contributed by atoms with E-state index in [0.717, 1.165) is 61.4 Å². The number of aliphatic hydroxyl groups excluding tert-OH is 1. The van der Waals surface area contributed by atoms with E-state index < -0.39 is 12.1 Å². The molecule has 0 spiro atoms. The van der Waals surface area contributed by atoms with Crippen LogP contribution in [0.3, 0.4) is 0 Å². The number of allylic oxidation sites excluding steroid dienone is 3. The Morgan fingerprint density at radius 3 is 2.61 bits per heavy atom. The second kappa shape index (κ2) is 16.4. The van der Waals surface area contributed by atoms with Gasteiger partial charge in [0.25, 0.3) is 0 Å². The Labute approximate surface area is 192 Å². The molecular formula is C25H42O5S. The van der Waals surface area contributed by atoms with E-state index in [1.54, 1.807) is 11.8 Å². The van der Waals surface area contributed by atoms with Crippen LogP contribution in [0.1, 0.15) is 97.8 Å². The molecule has 6 heteroatoms. The zero-order chi connectivity index (χ0) is 23.1. The van der Waals surface area contributed by atoms with Gasteiger partial charge >= 0.3 is 11.9 Å². The van der Waals surface area contributed by atoms with Crippen LogP contribution in [-0.2, 0) is 14.3 Å². The summed E-state index contributed by atoms with van der Waals surface area (Å²) < 4.78 is 5.67.